The Morgan fingerprint density at radius 1 is 0.923 bits per heavy atom. The molecule has 1 atom stereocenters. The number of nitrogens with zero attached hydrogens (tertiary/aromatic N) is 2. The van der Waals surface area contributed by atoms with Crippen molar-refractivity contribution in [2.75, 3.05) is 23.7 Å². The second kappa shape index (κ2) is 13.8. The molecule has 208 valence electrons. The van der Waals surface area contributed by atoms with Gasteiger partial charge in [0.25, 0.3) is 0 Å². The maximum absolute atomic E-state index is 14.1. The first-order chi connectivity index (χ1) is 18.4. The zero-order chi connectivity index (χ0) is 28.6. The third-order valence-electron chi connectivity index (χ3n) is 6.17. The number of rotatable bonds is 12. The monoisotopic (exact) mass is 613 g/mol. The zero-order valence-corrected chi connectivity index (χ0v) is 25.2. The molecular weight excluding hydrogens is 578 g/mol. The van der Waals surface area contributed by atoms with Crippen molar-refractivity contribution in [3.8, 4) is 0 Å². The maximum atomic E-state index is 14.1. The molecule has 3 aromatic rings. The average molecular weight is 615 g/mol. The molecule has 0 fully saturated rings. The molecule has 0 unspecified atom stereocenters. The molecule has 9 heteroatoms. The fraction of sp³-hybridized carbons (Fsp3) is 0.333. The van der Waals surface area contributed by atoms with Crippen LogP contribution in [0.5, 0.6) is 0 Å². The SMILES string of the molecule is Cc1cccc(N(CC(=O)N(Cc2cccc(Br)c2)[C@@H](Cc2ccccc2)C(=O)NCC(C)C)S(C)(=O)=O)c1. The van der Waals surface area contributed by atoms with Crippen LogP contribution in [0.2, 0.25) is 0 Å². The Kier molecular flexibility index (Phi) is 10.7. The average Bonchev–Trinajstić information content (AvgIpc) is 2.87. The van der Waals surface area contributed by atoms with E-state index in [-0.39, 0.29) is 24.8 Å². The maximum Gasteiger partial charge on any atom is 0.244 e. The van der Waals surface area contributed by atoms with Gasteiger partial charge in [-0.1, -0.05) is 84.4 Å². The Labute approximate surface area is 240 Å². The Bertz CT molecular complexity index is 1380. The molecule has 0 saturated carbocycles. The predicted molar refractivity (Wildman–Crippen MR) is 160 cm³/mol. The van der Waals surface area contributed by atoms with Crippen molar-refractivity contribution in [2.24, 2.45) is 5.92 Å². The van der Waals surface area contributed by atoms with Crippen molar-refractivity contribution in [1.29, 1.82) is 0 Å². The third-order valence-corrected chi connectivity index (χ3v) is 7.80. The van der Waals surface area contributed by atoms with Crippen LogP contribution in [0.1, 0.15) is 30.5 Å². The first-order valence-corrected chi connectivity index (χ1v) is 15.5. The van der Waals surface area contributed by atoms with Crippen LogP contribution >= 0.6 is 15.9 Å². The minimum absolute atomic E-state index is 0.135. The standard InChI is InChI=1S/C30H36BrN3O4S/c1-22(2)19-32-30(36)28(18-24-11-6-5-7-12-24)33(20-25-13-9-14-26(31)17-25)29(35)21-34(39(4,37)38)27-15-8-10-23(3)16-27/h5-17,22,28H,18-21H2,1-4H3,(H,32,36)/t28-/m0/s1. The number of nitrogens with one attached hydrogen (secondary N) is 1. The first kappa shape index (κ1) is 30.4. The molecular formula is C30H36BrN3O4S. The van der Waals surface area contributed by atoms with Gasteiger partial charge in [-0.15, -0.1) is 0 Å². The van der Waals surface area contributed by atoms with E-state index in [1.54, 1.807) is 18.2 Å². The van der Waals surface area contributed by atoms with Gasteiger partial charge in [-0.05, 0) is 53.8 Å². The highest BCUT2D eigenvalue weighted by molar-refractivity contribution is 9.10. The molecule has 39 heavy (non-hydrogen) atoms. The van der Waals surface area contributed by atoms with Crippen LogP contribution in [0.4, 0.5) is 5.69 Å². The minimum Gasteiger partial charge on any atom is -0.354 e. The van der Waals surface area contributed by atoms with E-state index in [2.05, 4.69) is 21.2 Å². The minimum atomic E-state index is -3.79. The van der Waals surface area contributed by atoms with Gasteiger partial charge in [-0.3, -0.25) is 13.9 Å². The van der Waals surface area contributed by atoms with E-state index >= 15 is 0 Å². The smallest absolute Gasteiger partial charge is 0.244 e. The topological polar surface area (TPSA) is 86.8 Å². The number of anilines is 1. The Balaban J connectivity index is 2.05. The van der Waals surface area contributed by atoms with Crippen molar-refractivity contribution >= 4 is 43.5 Å². The summed E-state index contributed by atoms with van der Waals surface area (Å²) >= 11 is 3.48. The Hall–Kier alpha value is -3.17. The van der Waals surface area contributed by atoms with Gasteiger partial charge < -0.3 is 10.2 Å². The summed E-state index contributed by atoms with van der Waals surface area (Å²) in [6.45, 7) is 6.03. The number of carbonyl (C=O) groups excluding carboxylic acids is 2. The number of halogens is 1. The Morgan fingerprint density at radius 2 is 1.59 bits per heavy atom. The quantitative estimate of drug-likeness (QED) is 0.314. The molecule has 0 spiro atoms. The van der Waals surface area contributed by atoms with E-state index in [0.29, 0.717) is 12.2 Å². The number of aryl methyl sites for hydroxylation is 1. The molecule has 2 amide bonds. The van der Waals surface area contributed by atoms with E-state index < -0.39 is 28.5 Å². The van der Waals surface area contributed by atoms with Crippen LogP contribution in [0.25, 0.3) is 0 Å². The van der Waals surface area contributed by atoms with Gasteiger partial charge in [-0.2, -0.15) is 0 Å². The second-order valence-corrected chi connectivity index (χ2v) is 12.9. The lowest BCUT2D eigenvalue weighted by molar-refractivity contribution is -0.140. The lowest BCUT2D eigenvalue weighted by Gasteiger charge is -2.33. The van der Waals surface area contributed by atoms with Gasteiger partial charge in [0.05, 0.1) is 11.9 Å². The van der Waals surface area contributed by atoms with Gasteiger partial charge in [0.2, 0.25) is 21.8 Å². The highest BCUT2D eigenvalue weighted by Crippen LogP contribution is 2.22. The highest BCUT2D eigenvalue weighted by Gasteiger charge is 2.33. The number of benzene rings is 3. The van der Waals surface area contributed by atoms with Gasteiger partial charge in [0.1, 0.15) is 12.6 Å². The largest absolute Gasteiger partial charge is 0.354 e. The van der Waals surface area contributed by atoms with Gasteiger partial charge in [-0.25, -0.2) is 8.42 Å². The van der Waals surface area contributed by atoms with Crippen molar-refractivity contribution < 1.29 is 18.0 Å². The summed E-state index contributed by atoms with van der Waals surface area (Å²) in [7, 11) is -3.79. The molecule has 7 nitrogen and oxygen atoms in total. The lowest BCUT2D eigenvalue weighted by Crippen LogP contribution is -2.53. The van der Waals surface area contributed by atoms with Gasteiger partial charge >= 0.3 is 0 Å². The number of hydrogen-bond acceptors (Lipinski definition) is 4. The van der Waals surface area contributed by atoms with Crippen LogP contribution in [0, 0.1) is 12.8 Å². The van der Waals surface area contributed by atoms with Crippen LogP contribution < -0.4 is 9.62 Å². The molecule has 0 aliphatic rings. The summed E-state index contributed by atoms with van der Waals surface area (Å²) in [5.74, 6) is -0.525. The van der Waals surface area contributed by atoms with E-state index in [1.165, 1.54) is 4.90 Å². The summed E-state index contributed by atoms with van der Waals surface area (Å²) in [6.07, 6.45) is 1.37. The van der Waals surface area contributed by atoms with Crippen LogP contribution in [-0.2, 0) is 32.6 Å². The summed E-state index contributed by atoms with van der Waals surface area (Å²) in [5.41, 5.74) is 2.98. The molecule has 0 saturated heterocycles. The fourth-order valence-electron chi connectivity index (χ4n) is 4.21. The molecule has 3 aromatic carbocycles. The molecule has 0 aliphatic heterocycles. The van der Waals surface area contributed by atoms with E-state index in [1.807, 2.05) is 81.4 Å². The van der Waals surface area contributed by atoms with Crippen LogP contribution in [0.15, 0.2) is 83.3 Å². The molecule has 0 heterocycles. The molecule has 3 rings (SSSR count). The van der Waals surface area contributed by atoms with E-state index in [0.717, 1.165) is 31.7 Å². The van der Waals surface area contributed by atoms with Crippen molar-refractivity contribution in [3.63, 3.8) is 0 Å². The normalized spacial score (nSPS) is 12.2. The zero-order valence-electron chi connectivity index (χ0n) is 22.8. The van der Waals surface area contributed by atoms with Crippen molar-refractivity contribution in [3.05, 3.63) is 100 Å². The molecule has 0 bridgehead atoms. The molecule has 0 aliphatic carbocycles. The van der Waals surface area contributed by atoms with Gasteiger partial charge in [0.15, 0.2) is 0 Å². The number of amides is 2. The second-order valence-electron chi connectivity index (χ2n) is 10.1. The predicted octanol–water partition coefficient (Wildman–Crippen LogP) is 4.94. The highest BCUT2D eigenvalue weighted by atomic mass is 79.9. The van der Waals surface area contributed by atoms with E-state index in [4.69, 9.17) is 0 Å². The molecule has 1 N–H and O–H groups in total. The van der Waals surface area contributed by atoms with Crippen molar-refractivity contribution in [2.45, 2.75) is 39.8 Å². The number of carbonyl (C=O) groups is 2. The fourth-order valence-corrected chi connectivity index (χ4v) is 5.49. The first-order valence-electron chi connectivity index (χ1n) is 12.8. The Morgan fingerprint density at radius 3 is 2.21 bits per heavy atom. The summed E-state index contributed by atoms with van der Waals surface area (Å²) in [5, 5.41) is 2.98. The van der Waals surface area contributed by atoms with Crippen molar-refractivity contribution in [1.82, 2.24) is 10.2 Å². The lowest BCUT2D eigenvalue weighted by atomic mass is 10.0. The number of hydrogen-bond donors (Lipinski definition) is 1. The third kappa shape index (κ3) is 9.21. The van der Waals surface area contributed by atoms with Gasteiger partial charge in [0, 0.05) is 24.0 Å². The van der Waals surface area contributed by atoms with Crippen LogP contribution in [0.3, 0.4) is 0 Å². The van der Waals surface area contributed by atoms with Crippen LogP contribution in [-0.4, -0.2) is 50.5 Å². The summed E-state index contributed by atoms with van der Waals surface area (Å²) < 4.78 is 27.6. The molecule has 0 aromatic heterocycles. The number of sulfonamides is 1. The summed E-state index contributed by atoms with van der Waals surface area (Å²) in [6, 6.07) is 23.2. The summed E-state index contributed by atoms with van der Waals surface area (Å²) in [4.78, 5) is 29.2. The molecule has 0 radical (unpaired) electrons. The van der Waals surface area contributed by atoms with E-state index in [9.17, 15) is 18.0 Å².